The van der Waals surface area contributed by atoms with E-state index in [1.807, 2.05) is 0 Å². The van der Waals surface area contributed by atoms with Gasteiger partial charge in [-0.25, -0.2) is 0 Å². The average Bonchev–Trinajstić information content (AvgIpc) is 2.54. The summed E-state index contributed by atoms with van der Waals surface area (Å²) < 4.78 is 0. The van der Waals surface area contributed by atoms with Crippen LogP contribution in [0.4, 0.5) is 5.69 Å². The zero-order valence-corrected chi connectivity index (χ0v) is 8.16. The molecular weight excluding hydrogens is 158 g/mol. The molecule has 2 rings (SSSR count). The number of rotatable bonds is 2. The number of hydrogen-bond acceptors (Lipinski definition) is 1. The van der Waals surface area contributed by atoms with Gasteiger partial charge in [-0.05, 0) is 30.9 Å². The Kier molecular flexibility index (Phi) is 2.53. The quantitative estimate of drug-likeness (QED) is 0.727. The Labute approximate surface area is 80.2 Å². The molecule has 1 fully saturated rings. The summed E-state index contributed by atoms with van der Waals surface area (Å²) in [5, 5.41) is 3.59. The van der Waals surface area contributed by atoms with Crippen LogP contribution in [0.1, 0.15) is 26.2 Å². The van der Waals surface area contributed by atoms with E-state index in [0.717, 1.165) is 5.92 Å². The van der Waals surface area contributed by atoms with Crippen LogP contribution >= 0.6 is 0 Å². The first-order chi connectivity index (χ1) is 6.36. The van der Waals surface area contributed by atoms with Crippen LogP contribution in [0.25, 0.3) is 0 Å². The molecule has 1 aromatic rings. The van der Waals surface area contributed by atoms with E-state index in [1.54, 1.807) is 0 Å². The van der Waals surface area contributed by atoms with Crippen molar-refractivity contribution < 1.29 is 0 Å². The highest BCUT2D eigenvalue weighted by molar-refractivity contribution is 5.43. The molecule has 0 heterocycles. The minimum atomic E-state index is 0.697. The Hall–Kier alpha value is -0.980. The molecule has 1 aliphatic rings. The van der Waals surface area contributed by atoms with Crippen molar-refractivity contribution in [2.45, 2.75) is 32.2 Å². The van der Waals surface area contributed by atoms with E-state index in [2.05, 4.69) is 42.6 Å². The minimum absolute atomic E-state index is 0.697. The van der Waals surface area contributed by atoms with Gasteiger partial charge >= 0.3 is 0 Å². The molecule has 0 radical (unpaired) electrons. The fourth-order valence-electron chi connectivity index (χ4n) is 2.11. The number of nitrogens with one attached hydrogen (secondary N) is 1. The van der Waals surface area contributed by atoms with Gasteiger partial charge in [0.25, 0.3) is 0 Å². The van der Waals surface area contributed by atoms with E-state index in [0.29, 0.717) is 6.04 Å². The number of benzene rings is 1. The second kappa shape index (κ2) is 3.82. The molecule has 0 unspecified atom stereocenters. The van der Waals surface area contributed by atoms with Crippen LogP contribution in [0.3, 0.4) is 0 Å². The van der Waals surface area contributed by atoms with Crippen molar-refractivity contribution in [3.63, 3.8) is 0 Å². The molecule has 1 heteroatoms. The molecule has 0 amide bonds. The highest BCUT2D eigenvalue weighted by Crippen LogP contribution is 2.27. The fraction of sp³-hybridized carbons (Fsp3) is 0.500. The molecule has 0 bridgehead atoms. The predicted molar refractivity (Wildman–Crippen MR) is 56.9 cm³/mol. The van der Waals surface area contributed by atoms with Crippen molar-refractivity contribution in [3.05, 3.63) is 30.3 Å². The summed E-state index contributed by atoms with van der Waals surface area (Å²) in [7, 11) is 0. The van der Waals surface area contributed by atoms with Crippen molar-refractivity contribution in [1.82, 2.24) is 0 Å². The third-order valence-electron chi connectivity index (χ3n) is 2.99. The van der Waals surface area contributed by atoms with E-state index < -0.39 is 0 Å². The summed E-state index contributed by atoms with van der Waals surface area (Å²) in [6.07, 6.45) is 4.09. The number of hydrogen-bond donors (Lipinski definition) is 1. The highest BCUT2D eigenvalue weighted by Gasteiger charge is 2.22. The van der Waals surface area contributed by atoms with Crippen LogP contribution in [0.2, 0.25) is 0 Å². The van der Waals surface area contributed by atoms with Crippen molar-refractivity contribution in [1.29, 1.82) is 0 Å². The van der Waals surface area contributed by atoms with Crippen molar-refractivity contribution >= 4 is 5.69 Å². The van der Waals surface area contributed by atoms with E-state index in [1.165, 1.54) is 24.9 Å². The lowest BCUT2D eigenvalue weighted by atomic mass is 10.1. The number of para-hydroxylation sites is 1. The lowest BCUT2D eigenvalue weighted by Crippen LogP contribution is -2.21. The lowest BCUT2D eigenvalue weighted by Gasteiger charge is -2.18. The number of anilines is 1. The molecule has 1 aromatic carbocycles. The van der Waals surface area contributed by atoms with E-state index >= 15 is 0 Å². The fourth-order valence-corrected chi connectivity index (χ4v) is 2.11. The lowest BCUT2D eigenvalue weighted by molar-refractivity contribution is 0.556. The smallest absolute Gasteiger partial charge is 0.0342 e. The molecule has 1 aliphatic carbocycles. The Bertz CT molecular complexity index is 255. The summed E-state index contributed by atoms with van der Waals surface area (Å²) in [4.78, 5) is 0. The van der Waals surface area contributed by atoms with Crippen LogP contribution in [0.15, 0.2) is 30.3 Å². The van der Waals surface area contributed by atoms with Gasteiger partial charge in [0.1, 0.15) is 0 Å². The Morgan fingerprint density at radius 2 is 1.92 bits per heavy atom. The van der Waals surface area contributed by atoms with Crippen molar-refractivity contribution in [2.75, 3.05) is 5.32 Å². The largest absolute Gasteiger partial charge is 0.382 e. The van der Waals surface area contributed by atoms with Gasteiger partial charge in [-0.2, -0.15) is 0 Å². The first kappa shape index (κ1) is 8.61. The second-order valence-corrected chi connectivity index (χ2v) is 4.03. The maximum absolute atomic E-state index is 3.59. The average molecular weight is 175 g/mol. The van der Waals surface area contributed by atoms with Gasteiger partial charge in [0.15, 0.2) is 0 Å². The summed E-state index contributed by atoms with van der Waals surface area (Å²) in [6, 6.07) is 11.2. The maximum Gasteiger partial charge on any atom is 0.0342 e. The zero-order valence-electron chi connectivity index (χ0n) is 8.16. The van der Waals surface area contributed by atoms with Gasteiger partial charge < -0.3 is 5.32 Å². The van der Waals surface area contributed by atoms with Gasteiger partial charge in [-0.1, -0.05) is 31.5 Å². The van der Waals surface area contributed by atoms with E-state index in [-0.39, 0.29) is 0 Å². The maximum atomic E-state index is 3.59. The zero-order chi connectivity index (χ0) is 9.10. The van der Waals surface area contributed by atoms with E-state index in [9.17, 15) is 0 Å². The van der Waals surface area contributed by atoms with E-state index in [4.69, 9.17) is 0 Å². The molecule has 1 N–H and O–H groups in total. The van der Waals surface area contributed by atoms with Crippen LogP contribution in [-0.4, -0.2) is 6.04 Å². The molecule has 0 aromatic heterocycles. The molecular formula is C12H17N. The molecule has 2 atom stereocenters. The van der Waals surface area contributed by atoms with Gasteiger partial charge in [0.05, 0.1) is 0 Å². The van der Waals surface area contributed by atoms with Gasteiger partial charge in [0, 0.05) is 11.7 Å². The standard InChI is InChI=1S/C12H17N/c1-10-6-5-9-12(10)13-11-7-3-2-4-8-11/h2-4,7-8,10,12-13H,5-6,9H2,1H3/t10-,12+/m0/s1. The van der Waals surface area contributed by atoms with Crippen LogP contribution in [-0.2, 0) is 0 Å². The summed E-state index contributed by atoms with van der Waals surface area (Å²) >= 11 is 0. The predicted octanol–water partition coefficient (Wildman–Crippen LogP) is 3.29. The molecule has 1 nitrogen and oxygen atoms in total. The van der Waals surface area contributed by atoms with Gasteiger partial charge in [0.2, 0.25) is 0 Å². The monoisotopic (exact) mass is 175 g/mol. The third-order valence-corrected chi connectivity index (χ3v) is 2.99. The molecule has 13 heavy (non-hydrogen) atoms. The van der Waals surface area contributed by atoms with Crippen LogP contribution in [0.5, 0.6) is 0 Å². The second-order valence-electron chi connectivity index (χ2n) is 4.03. The Morgan fingerprint density at radius 3 is 2.54 bits per heavy atom. The molecule has 1 saturated carbocycles. The Balaban J connectivity index is 1.98. The van der Waals surface area contributed by atoms with Gasteiger partial charge in [-0.3, -0.25) is 0 Å². The summed E-state index contributed by atoms with van der Waals surface area (Å²) in [5.41, 5.74) is 1.27. The first-order valence-electron chi connectivity index (χ1n) is 5.18. The van der Waals surface area contributed by atoms with Crippen LogP contribution < -0.4 is 5.32 Å². The summed E-state index contributed by atoms with van der Waals surface area (Å²) in [5.74, 6) is 0.834. The first-order valence-corrected chi connectivity index (χ1v) is 5.18. The van der Waals surface area contributed by atoms with Crippen molar-refractivity contribution in [2.24, 2.45) is 5.92 Å². The third kappa shape index (κ3) is 2.03. The molecule has 70 valence electrons. The highest BCUT2D eigenvalue weighted by atomic mass is 14.9. The molecule has 0 aliphatic heterocycles. The van der Waals surface area contributed by atoms with Crippen LogP contribution in [0, 0.1) is 5.92 Å². The molecule has 0 spiro atoms. The molecule has 0 saturated heterocycles. The normalized spacial score (nSPS) is 27.5. The van der Waals surface area contributed by atoms with Gasteiger partial charge in [-0.15, -0.1) is 0 Å². The SMILES string of the molecule is C[C@H]1CCC[C@H]1Nc1ccccc1. The van der Waals surface area contributed by atoms with Crippen molar-refractivity contribution in [3.8, 4) is 0 Å². The summed E-state index contributed by atoms with van der Waals surface area (Å²) in [6.45, 7) is 2.34. The Morgan fingerprint density at radius 1 is 1.15 bits per heavy atom. The minimum Gasteiger partial charge on any atom is -0.382 e. The topological polar surface area (TPSA) is 12.0 Å².